The fourth-order valence-electron chi connectivity index (χ4n) is 2.65. The highest BCUT2D eigenvalue weighted by molar-refractivity contribution is 5.93. The number of amides is 1. The molecule has 2 saturated heterocycles. The van der Waals surface area contributed by atoms with E-state index in [-0.39, 0.29) is 5.91 Å². The number of aromatic nitrogens is 2. The zero-order valence-electron chi connectivity index (χ0n) is 11.3. The normalized spacial score (nSPS) is 23.1. The molecule has 7 nitrogen and oxygen atoms in total. The summed E-state index contributed by atoms with van der Waals surface area (Å²) in [4.78, 5) is 16.1. The van der Waals surface area contributed by atoms with E-state index in [1.54, 1.807) is 17.2 Å². The third-order valence-corrected chi connectivity index (χ3v) is 3.79. The lowest BCUT2D eigenvalue weighted by molar-refractivity contribution is 0.0758. The Balaban J connectivity index is 1.75. The molecule has 2 fully saturated rings. The first-order valence-corrected chi connectivity index (χ1v) is 7.00. The Bertz CT molecular complexity index is 489. The van der Waals surface area contributed by atoms with Crippen molar-refractivity contribution in [1.29, 1.82) is 0 Å². The standard InChI is InChI=1S/C13H19N5O2/c19-11-1-4-18(9-11)13(20)12-7-10(8-15-16-12)17-5-2-14-3-6-17/h7-8,11,14,19H,1-6,9H2. The van der Waals surface area contributed by atoms with Crippen LogP contribution in [0.3, 0.4) is 0 Å². The van der Waals surface area contributed by atoms with Crippen molar-refractivity contribution in [1.82, 2.24) is 20.4 Å². The summed E-state index contributed by atoms with van der Waals surface area (Å²) in [5.74, 6) is -0.147. The molecule has 1 amide bonds. The zero-order valence-corrected chi connectivity index (χ0v) is 11.3. The van der Waals surface area contributed by atoms with E-state index in [2.05, 4.69) is 20.4 Å². The van der Waals surface area contributed by atoms with E-state index in [1.807, 2.05) is 0 Å². The number of nitrogens with zero attached hydrogens (tertiary/aromatic N) is 4. The highest BCUT2D eigenvalue weighted by Crippen LogP contribution is 2.17. The van der Waals surface area contributed by atoms with Crippen LogP contribution in [0.4, 0.5) is 5.69 Å². The Morgan fingerprint density at radius 2 is 2.15 bits per heavy atom. The summed E-state index contributed by atoms with van der Waals surface area (Å²) in [6.45, 7) is 4.65. The van der Waals surface area contributed by atoms with Gasteiger partial charge in [0, 0.05) is 39.3 Å². The molecule has 1 aromatic rings. The second kappa shape index (κ2) is 5.72. The Morgan fingerprint density at radius 1 is 1.35 bits per heavy atom. The minimum Gasteiger partial charge on any atom is -0.391 e. The molecule has 1 unspecified atom stereocenters. The number of aliphatic hydroxyl groups is 1. The van der Waals surface area contributed by atoms with Crippen molar-refractivity contribution in [3.8, 4) is 0 Å². The van der Waals surface area contributed by atoms with Crippen LogP contribution in [0.5, 0.6) is 0 Å². The molecule has 0 aromatic carbocycles. The highest BCUT2D eigenvalue weighted by Gasteiger charge is 2.27. The van der Waals surface area contributed by atoms with Crippen molar-refractivity contribution in [3.05, 3.63) is 18.0 Å². The van der Waals surface area contributed by atoms with Crippen molar-refractivity contribution < 1.29 is 9.90 Å². The van der Waals surface area contributed by atoms with E-state index in [9.17, 15) is 9.90 Å². The molecule has 3 rings (SSSR count). The topological polar surface area (TPSA) is 81.6 Å². The summed E-state index contributed by atoms with van der Waals surface area (Å²) in [6.07, 6.45) is 1.92. The van der Waals surface area contributed by atoms with Gasteiger partial charge in [0.05, 0.1) is 18.0 Å². The van der Waals surface area contributed by atoms with Crippen LogP contribution in [0, 0.1) is 0 Å². The van der Waals surface area contributed by atoms with Crippen LogP contribution in [0.2, 0.25) is 0 Å². The number of nitrogens with one attached hydrogen (secondary N) is 1. The smallest absolute Gasteiger partial charge is 0.274 e. The lowest BCUT2D eigenvalue weighted by atomic mass is 10.2. The Labute approximate surface area is 117 Å². The maximum atomic E-state index is 12.3. The van der Waals surface area contributed by atoms with Crippen molar-refractivity contribution >= 4 is 11.6 Å². The van der Waals surface area contributed by atoms with Crippen LogP contribution >= 0.6 is 0 Å². The van der Waals surface area contributed by atoms with Gasteiger partial charge in [0.2, 0.25) is 0 Å². The number of hydrogen-bond donors (Lipinski definition) is 2. The second-order valence-electron chi connectivity index (χ2n) is 5.23. The van der Waals surface area contributed by atoms with E-state index in [4.69, 9.17) is 0 Å². The predicted molar refractivity (Wildman–Crippen MR) is 73.6 cm³/mol. The average Bonchev–Trinajstić information content (AvgIpc) is 2.94. The Kier molecular flexibility index (Phi) is 3.79. The lowest BCUT2D eigenvalue weighted by Crippen LogP contribution is -2.43. The molecular weight excluding hydrogens is 258 g/mol. The quantitative estimate of drug-likeness (QED) is 0.728. The number of aliphatic hydroxyl groups excluding tert-OH is 1. The van der Waals surface area contributed by atoms with Crippen LogP contribution in [0.25, 0.3) is 0 Å². The fourth-order valence-corrected chi connectivity index (χ4v) is 2.65. The maximum Gasteiger partial charge on any atom is 0.274 e. The summed E-state index contributed by atoms with van der Waals surface area (Å²) in [6, 6.07) is 1.80. The van der Waals surface area contributed by atoms with E-state index >= 15 is 0 Å². The summed E-state index contributed by atoms with van der Waals surface area (Å²) in [7, 11) is 0. The van der Waals surface area contributed by atoms with Gasteiger partial charge in [-0.2, -0.15) is 5.10 Å². The first-order chi connectivity index (χ1) is 9.74. The second-order valence-corrected chi connectivity index (χ2v) is 5.23. The fraction of sp³-hybridized carbons (Fsp3) is 0.615. The van der Waals surface area contributed by atoms with E-state index in [1.165, 1.54) is 0 Å². The molecular formula is C13H19N5O2. The van der Waals surface area contributed by atoms with Crippen LogP contribution < -0.4 is 10.2 Å². The number of carbonyl (C=O) groups is 1. The first-order valence-electron chi connectivity index (χ1n) is 7.00. The number of anilines is 1. The largest absolute Gasteiger partial charge is 0.391 e. The summed E-state index contributed by atoms with van der Waals surface area (Å²) < 4.78 is 0. The van der Waals surface area contributed by atoms with Gasteiger partial charge in [-0.25, -0.2) is 0 Å². The van der Waals surface area contributed by atoms with Gasteiger partial charge in [0.25, 0.3) is 5.91 Å². The molecule has 0 radical (unpaired) electrons. The van der Waals surface area contributed by atoms with Gasteiger partial charge < -0.3 is 20.2 Å². The van der Waals surface area contributed by atoms with Crippen molar-refractivity contribution in [2.24, 2.45) is 0 Å². The molecule has 2 N–H and O–H groups in total. The molecule has 2 aliphatic heterocycles. The molecule has 0 aliphatic carbocycles. The molecule has 0 spiro atoms. The molecule has 20 heavy (non-hydrogen) atoms. The van der Waals surface area contributed by atoms with Crippen LogP contribution in [-0.2, 0) is 0 Å². The van der Waals surface area contributed by atoms with E-state index in [0.717, 1.165) is 31.9 Å². The first kappa shape index (κ1) is 13.3. The zero-order chi connectivity index (χ0) is 13.9. The van der Waals surface area contributed by atoms with Crippen LogP contribution in [0.15, 0.2) is 12.3 Å². The van der Waals surface area contributed by atoms with Gasteiger partial charge in [0.15, 0.2) is 5.69 Å². The summed E-state index contributed by atoms with van der Waals surface area (Å²) >= 11 is 0. The minimum atomic E-state index is -0.414. The number of carbonyl (C=O) groups excluding carboxylic acids is 1. The highest BCUT2D eigenvalue weighted by atomic mass is 16.3. The third-order valence-electron chi connectivity index (χ3n) is 3.79. The van der Waals surface area contributed by atoms with Gasteiger partial charge in [-0.05, 0) is 12.5 Å². The van der Waals surface area contributed by atoms with Crippen LogP contribution in [0.1, 0.15) is 16.9 Å². The third kappa shape index (κ3) is 2.73. The van der Waals surface area contributed by atoms with Gasteiger partial charge in [0.1, 0.15) is 0 Å². The number of piperazine rings is 1. The maximum absolute atomic E-state index is 12.3. The average molecular weight is 277 g/mol. The molecule has 3 heterocycles. The monoisotopic (exact) mass is 277 g/mol. The van der Waals surface area contributed by atoms with Gasteiger partial charge >= 0.3 is 0 Å². The molecule has 1 aromatic heterocycles. The predicted octanol–water partition coefficient (Wildman–Crippen LogP) is -0.907. The Hall–Kier alpha value is -1.73. The van der Waals surface area contributed by atoms with Crippen molar-refractivity contribution in [2.45, 2.75) is 12.5 Å². The van der Waals surface area contributed by atoms with Gasteiger partial charge in [-0.1, -0.05) is 0 Å². The van der Waals surface area contributed by atoms with Gasteiger partial charge in [-0.3, -0.25) is 4.79 Å². The molecule has 2 aliphatic rings. The molecule has 7 heteroatoms. The van der Waals surface area contributed by atoms with E-state index in [0.29, 0.717) is 25.2 Å². The van der Waals surface area contributed by atoms with Gasteiger partial charge in [-0.15, -0.1) is 5.10 Å². The lowest BCUT2D eigenvalue weighted by Gasteiger charge is -2.29. The van der Waals surface area contributed by atoms with Crippen molar-refractivity contribution in [3.63, 3.8) is 0 Å². The number of hydrogen-bond acceptors (Lipinski definition) is 6. The number of likely N-dealkylation sites (tertiary alicyclic amines) is 1. The molecule has 0 saturated carbocycles. The SMILES string of the molecule is O=C(c1cc(N2CCNCC2)cnn1)N1CCC(O)C1. The number of rotatable bonds is 2. The summed E-state index contributed by atoms with van der Waals surface area (Å²) in [5.41, 5.74) is 1.29. The summed E-state index contributed by atoms with van der Waals surface area (Å²) in [5, 5.41) is 20.7. The Morgan fingerprint density at radius 3 is 2.85 bits per heavy atom. The van der Waals surface area contributed by atoms with E-state index < -0.39 is 6.10 Å². The molecule has 108 valence electrons. The van der Waals surface area contributed by atoms with Crippen LogP contribution in [-0.4, -0.2) is 71.5 Å². The molecule has 0 bridgehead atoms. The number of β-amino-alcohol motifs (C(OH)–C–C–N with tert-alkyl or cyclic N) is 1. The minimum absolute atomic E-state index is 0.147. The molecule has 1 atom stereocenters. The van der Waals surface area contributed by atoms with Crippen molar-refractivity contribution in [2.75, 3.05) is 44.2 Å².